The monoisotopic (exact) mass is 432 g/mol. The third-order valence-electron chi connectivity index (χ3n) is 4.36. The number of hydrogen-bond donors (Lipinski definition) is 2. The van der Waals surface area contributed by atoms with Gasteiger partial charge in [0, 0.05) is 11.1 Å². The van der Waals surface area contributed by atoms with E-state index in [1.807, 2.05) is 39.8 Å². The van der Waals surface area contributed by atoms with Gasteiger partial charge in [0.2, 0.25) is 0 Å². The highest BCUT2D eigenvalue weighted by molar-refractivity contribution is 6.10. The summed E-state index contributed by atoms with van der Waals surface area (Å²) in [7, 11) is 0. The number of amides is 2. The highest BCUT2D eigenvalue weighted by atomic mass is 16.5. The number of rotatable bonds is 8. The van der Waals surface area contributed by atoms with Crippen molar-refractivity contribution in [3.05, 3.63) is 83.9 Å². The predicted molar refractivity (Wildman–Crippen MR) is 127 cm³/mol. The zero-order valence-electron chi connectivity index (χ0n) is 18.7. The van der Waals surface area contributed by atoms with Crippen LogP contribution in [0.25, 0.3) is 0 Å². The van der Waals surface area contributed by atoms with Gasteiger partial charge in [-0.2, -0.15) is 0 Å². The normalized spacial score (nSPS) is 10.7. The number of nitrogens with one attached hydrogen (secondary N) is 2. The van der Waals surface area contributed by atoms with E-state index in [1.165, 1.54) is 0 Å². The second kappa shape index (κ2) is 10.5. The number of hydrogen-bond acceptors (Lipinski definition) is 4. The van der Waals surface area contributed by atoms with Crippen molar-refractivity contribution in [3.8, 4) is 11.5 Å². The minimum absolute atomic E-state index is 0.00805. The molecule has 32 heavy (non-hydrogen) atoms. The fraction of sp³-hybridized carbons (Fsp3) is 0.231. The number of carbonyl (C=O) groups is 2. The van der Waals surface area contributed by atoms with E-state index < -0.39 is 0 Å². The number of anilines is 2. The molecule has 0 heterocycles. The van der Waals surface area contributed by atoms with Crippen LogP contribution in [-0.4, -0.2) is 24.0 Å². The van der Waals surface area contributed by atoms with E-state index in [9.17, 15) is 9.59 Å². The van der Waals surface area contributed by atoms with Crippen LogP contribution < -0.4 is 20.1 Å². The molecule has 3 aromatic carbocycles. The molecule has 0 radical (unpaired) electrons. The van der Waals surface area contributed by atoms with Crippen molar-refractivity contribution < 1.29 is 19.1 Å². The zero-order valence-corrected chi connectivity index (χ0v) is 18.7. The van der Waals surface area contributed by atoms with Crippen molar-refractivity contribution in [2.45, 2.75) is 39.9 Å². The van der Waals surface area contributed by atoms with E-state index >= 15 is 0 Å². The fourth-order valence-corrected chi connectivity index (χ4v) is 3.06. The molecule has 0 aliphatic rings. The molecule has 6 nitrogen and oxygen atoms in total. The van der Waals surface area contributed by atoms with E-state index in [0.29, 0.717) is 34.0 Å². The Labute approximate surface area is 188 Å². The van der Waals surface area contributed by atoms with E-state index in [1.54, 1.807) is 60.7 Å². The second-order valence-electron chi connectivity index (χ2n) is 7.84. The lowest BCUT2D eigenvalue weighted by Gasteiger charge is -2.14. The van der Waals surface area contributed by atoms with Gasteiger partial charge >= 0.3 is 0 Å². The largest absolute Gasteiger partial charge is 0.491 e. The van der Waals surface area contributed by atoms with Gasteiger partial charge in [-0.25, -0.2) is 0 Å². The van der Waals surface area contributed by atoms with Crippen molar-refractivity contribution in [1.82, 2.24) is 0 Å². The quantitative estimate of drug-likeness (QED) is 0.474. The molecule has 3 rings (SSSR count). The van der Waals surface area contributed by atoms with Gasteiger partial charge in [-0.1, -0.05) is 24.3 Å². The summed E-state index contributed by atoms with van der Waals surface area (Å²) in [5.74, 6) is 0.650. The van der Waals surface area contributed by atoms with Crippen LogP contribution >= 0.6 is 0 Å². The van der Waals surface area contributed by atoms with Crippen molar-refractivity contribution in [2.75, 3.05) is 10.6 Å². The number of carbonyl (C=O) groups excluding carboxylic acids is 2. The van der Waals surface area contributed by atoms with Crippen molar-refractivity contribution >= 4 is 23.2 Å². The van der Waals surface area contributed by atoms with Gasteiger partial charge in [-0.15, -0.1) is 0 Å². The first kappa shape index (κ1) is 22.9. The Hall–Kier alpha value is -3.80. The smallest absolute Gasteiger partial charge is 0.255 e. The standard InChI is InChI=1S/C26H28N2O4/c1-17(2)31-21-11-7-9-19(15-21)25(29)27-23-13-5-6-14-24(23)28-26(30)20-10-8-12-22(16-20)32-18(3)4/h5-18H,1-4H3,(H,27,29)(H,28,30). The van der Waals surface area contributed by atoms with Gasteiger partial charge in [0.05, 0.1) is 23.6 Å². The molecule has 0 aliphatic heterocycles. The third-order valence-corrected chi connectivity index (χ3v) is 4.36. The average molecular weight is 433 g/mol. The molecule has 0 fully saturated rings. The molecule has 0 saturated heterocycles. The molecule has 0 atom stereocenters. The molecule has 166 valence electrons. The maximum atomic E-state index is 12.8. The molecule has 2 N–H and O–H groups in total. The van der Waals surface area contributed by atoms with Crippen LogP contribution in [0.4, 0.5) is 11.4 Å². The van der Waals surface area contributed by atoms with Crippen LogP contribution in [0.5, 0.6) is 11.5 Å². The molecular weight excluding hydrogens is 404 g/mol. The van der Waals surface area contributed by atoms with Crippen molar-refractivity contribution in [2.24, 2.45) is 0 Å². The first-order valence-corrected chi connectivity index (χ1v) is 10.6. The molecule has 3 aromatic rings. The maximum Gasteiger partial charge on any atom is 0.255 e. The Bertz CT molecular complexity index is 1010. The Morgan fingerprint density at radius 2 is 1.03 bits per heavy atom. The zero-order chi connectivity index (χ0) is 23.1. The molecule has 0 aliphatic carbocycles. The number of para-hydroxylation sites is 2. The lowest BCUT2D eigenvalue weighted by molar-refractivity contribution is 0.101. The average Bonchev–Trinajstić information content (AvgIpc) is 2.74. The minimum atomic E-state index is -0.298. The summed E-state index contributed by atoms with van der Waals surface area (Å²) >= 11 is 0. The van der Waals surface area contributed by atoms with Gasteiger partial charge in [0.25, 0.3) is 11.8 Å². The summed E-state index contributed by atoms with van der Waals surface area (Å²) in [6, 6.07) is 21.0. The summed E-state index contributed by atoms with van der Waals surface area (Å²) in [6.45, 7) is 7.71. The van der Waals surface area contributed by atoms with E-state index in [0.717, 1.165) is 0 Å². The summed E-state index contributed by atoms with van der Waals surface area (Å²) in [5, 5.41) is 5.74. The first-order valence-electron chi connectivity index (χ1n) is 10.6. The van der Waals surface area contributed by atoms with Gasteiger partial charge in [-0.3, -0.25) is 9.59 Å². The molecule has 0 bridgehead atoms. The van der Waals surface area contributed by atoms with Crippen LogP contribution in [0.15, 0.2) is 72.8 Å². The maximum absolute atomic E-state index is 12.8. The van der Waals surface area contributed by atoms with Crippen LogP contribution in [0.2, 0.25) is 0 Å². The van der Waals surface area contributed by atoms with E-state index in [4.69, 9.17) is 9.47 Å². The highest BCUT2D eigenvalue weighted by Crippen LogP contribution is 2.24. The topological polar surface area (TPSA) is 76.7 Å². The van der Waals surface area contributed by atoms with Gasteiger partial charge in [0.1, 0.15) is 11.5 Å². The van der Waals surface area contributed by atoms with Gasteiger partial charge in [-0.05, 0) is 76.2 Å². The van der Waals surface area contributed by atoms with Crippen LogP contribution in [-0.2, 0) is 0 Å². The summed E-state index contributed by atoms with van der Waals surface area (Å²) in [5.41, 5.74) is 1.91. The lowest BCUT2D eigenvalue weighted by Crippen LogP contribution is -2.17. The SMILES string of the molecule is CC(C)Oc1cccc(C(=O)Nc2ccccc2NC(=O)c2cccc(OC(C)C)c2)c1. The predicted octanol–water partition coefficient (Wildman–Crippen LogP) is 5.77. The summed E-state index contributed by atoms with van der Waals surface area (Å²) in [4.78, 5) is 25.6. The van der Waals surface area contributed by atoms with Crippen molar-refractivity contribution in [1.29, 1.82) is 0 Å². The molecule has 0 spiro atoms. The number of ether oxygens (including phenoxy) is 2. The minimum Gasteiger partial charge on any atom is -0.491 e. The molecule has 0 saturated carbocycles. The fourth-order valence-electron chi connectivity index (χ4n) is 3.06. The Morgan fingerprint density at radius 3 is 1.41 bits per heavy atom. The summed E-state index contributed by atoms with van der Waals surface area (Å²) in [6.07, 6.45) is 0.0161. The van der Waals surface area contributed by atoms with Crippen LogP contribution in [0.1, 0.15) is 48.4 Å². The molecule has 2 amide bonds. The molecule has 0 aromatic heterocycles. The third kappa shape index (κ3) is 6.35. The van der Waals surface area contributed by atoms with Crippen LogP contribution in [0, 0.1) is 0 Å². The molecular formula is C26H28N2O4. The Balaban J connectivity index is 1.75. The lowest BCUT2D eigenvalue weighted by atomic mass is 10.1. The van der Waals surface area contributed by atoms with Gasteiger partial charge in [0.15, 0.2) is 0 Å². The van der Waals surface area contributed by atoms with Gasteiger partial charge < -0.3 is 20.1 Å². The van der Waals surface area contributed by atoms with Crippen molar-refractivity contribution in [3.63, 3.8) is 0 Å². The Morgan fingerprint density at radius 1 is 0.625 bits per heavy atom. The first-order chi connectivity index (χ1) is 15.3. The second-order valence-corrected chi connectivity index (χ2v) is 7.84. The van der Waals surface area contributed by atoms with Crippen LogP contribution in [0.3, 0.4) is 0 Å². The summed E-state index contributed by atoms with van der Waals surface area (Å²) < 4.78 is 11.3. The number of benzene rings is 3. The van der Waals surface area contributed by atoms with E-state index in [-0.39, 0.29) is 24.0 Å². The Kier molecular flexibility index (Phi) is 7.49. The highest BCUT2D eigenvalue weighted by Gasteiger charge is 2.14. The molecule has 6 heteroatoms. The molecule has 0 unspecified atom stereocenters. The van der Waals surface area contributed by atoms with E-state index in [2.05, 4.69) is 10.6 Å².